The van der Waals surface area contributed by atoms with E-state index in [1.807, 2.05) is 6.92 Å². The molecular weight excluding hydrogens is 372 g/mol. The van der Waals surface area contributed by atoms with Crippen LogP contribution in [0.25, 0.3) is 0 Å². The number of anilines is 1. The van der Waals surface area contributed by atoms with Crippen molar-refractivity contribution in [3.05, 3.63) is 23.3 Å². The molecule has 1 N–H and O–H groups in total. The molecule has 9 heteroatoms. The minimum Gasteiger partial charge on any atom is -0.357 e. The van der Waals surface area contributed by atoms with E-state index in [2.05, 4.69) is 61.1 Å². The van der Waals surface area contributed by atoms with Crippen molar-refractivity contribution in [2.24, 2.45) is 4.99 Å². The van der Waals surface area contributed by atoms with Crippen LogP contribution in [0.4, 0.5) is 5.13 Å². The first-order valence-corrected chi connectivity index (χ1v) is 11.0. The monoisotopic (exact) mass is 404 g/mol. The Morgan fingerprint density at radius 3 is 2.61 bits per heavy atom. The maximum Gasteiger partial charge on any atom is 0.205 e. The Morgan fingerprint density at radius 2 is 2.00 bits per heavy atom. The van der Waals surface area contributed by atoms with E-state index in [1.165, 1.54) is 17.2 Å². The van der Waals surface area contributed by atoms with E-state index in [0.717, 1.165) is 81.3 Å². The lowest BCUT2D eigenvalue weighted by Gasteiger charge is -2.36. The highest BCUT2D eigenvalue weighted by Crippen LogP contribution is 2.19. The molecule has 154 valence electrons. The molecule has 0 unspecified atom stereocenters. The molecule has 2 aromatic rings. The number of guanidine groups is 1. The number of aliphatic imine (C=N–C) groups is 1. The van der Waals surface area contributed by atoms with Crippen molar-refractivity contribution >= 4 is 22.6 Å². The predicted octanol–water partition coefficient (Wildman–Crippen LogP) is 2.09. The topological polar surface area (TPSA) is 74.5 Å². The summed E-state index contributed by atoms with van der Waals surface area (Å²) in [6.07, 6.45) is 1.88. The van der Waals surface area contributed by atoms with E-state index in [0.29, 0.717) is 0 Å². The second kappa shape index (κ2) is 9.86. The third kappa shape index (κ3) is 5.21. The fourth-order valence-corrected chi connectivity index (χ4v) is 4.16. The minimum atomic E-state index is 0.803. The summed E-state index contributed by atoms with van der Waals surface area (Å²) in [5.74, 6) is 1.96. The lowest BCUT2D eigenvalue weighted by atomic mass is 10.3. The van der Waals surface area contributed by atoms with Gasteiger partial charge >= 0.3 is 0 Å². The van der Waals surface area contributed by atoms with Gasteiger partial charge in [0, 0.05) is 69.5 Å². The third-order valence-electron chi connectivity index (χ3n) is 4.85. The Kier molecular flexibility index (Phi) is 7.24. The molecule has 3 heterocycles. The van der Waals surface area contributed by atoms with Crippen LogP contribution in [0.3, 0.4) is 0 Å². The molecule has 0 spiro atoms. The van der Waals surface area contributed by atoms with Crippen LogP contribution in [0, 0.1) is 13.8 Å². The van der Waals surface area contributed by atoms with Crippen LogP contribution in [0.2, 0.25) is 0 Å². The maximum absolute atomic E-state index is 4.85. The van der Waals surface area contributed by atoms with Gasteiger partial charge in [-0.2, -0.15) is 9.47 Å². The molecule has 28 heavy (non-hydrogen) atoms. The molecule has 1 fully saturated rings. The Hall–Kier alpha value is -2.16. The molecular formula is C19H32N8S. The highest BCUT2D eigenvalue weighted by Gasteiger charge is 2.21. The lowest BCUT2D eigenvalue weighted by molar-refractivity contribution is 0.372. The van der Waals surface area contributed by atoms with Gasteiger partial charge in [0.1, 0.15) is 5.82 Å². The van der Waals surface area contributed by atoms with Crippen LogP contribution < -0.4 is 10.2 Å². The summed E-state index contributed by atoms with van der Waals surface area (Å²) in [7, 11) is 0. The summed E-state index contributed by atoms with van der Waals surface area (Å²) in [4.78, 5) is 14.2. The van der Waals surface area contributed by atoms with Crippen LogP contribution in [0.15, 0.2) is 11.1 Å². The van der Waals surface area contributed by atoms with Gasteiger partial charge in [-0.05, 0) is 33.3 Å². The average Bonchev–Trinajstić information content (AvgIpc) is 3.30. The molecule has 0 saturated carbocycles. The molecule has 2 aromatic heterocycles. The zero-order valence-corrected chi connectivity index (χ0v) is 18.3. The smallest absolute Gasteiger partial charge is 0.205 e. The van der Waals surface area contributed by atoms with Crippen LogP contribution in [-0.4, -0.2) is 69.3 Å². The highest BCUT2D eigenvalue weighted by atomic mass is 32.1. The SMILES string of the molecule is CCNC(=NCCCn1nc(C)cc1C)N1CCN(c2nc(CC)ns2)CC1. The zero-order chi connectivity index (χ0) is 19.9. The summed E-state index contributed by atoms with van der Waals surface area (Å²) < 4.78 is 6.48. The molecule has 8 nitrogen and oxygen atoms in total. The van der Waals surface area contributed by atoms with Gasteiger partial charge in [-0.25, -0.2) is 4.98 Å². The second-order valence-corrected chi connectivity index (χ2v) is 7.79. The number of aromatic nitrogens is 4. The van der Waals surface area contributed by atoms with E-state index in [1.54, 1.807) is 0 Å². The first-order valence-electron chi connectivity index (χ1n) is 10.2. The molecule has 0 amide bonds. The molecule has 1 aliphatic rings. The normalized spacial score (nSPS) is 15.4. The number of hydrogen-bond acceptors (Lipinski definition) is 6. The number of piperazine rings is 1. The summed E-state index contributed by atoms with van der Waals surface area (Å²) >= 11 is 1.51. The Morgan fingerprint density at radius 1 is 1.21 bits per heavy atom. The van der Waals surface area contributed by atoms with Gasteiger partial charge in [0.25, 0.3) is 0 Å². The first-order chi connectivity index (χ1) is 13.6. The number of rotatable bonds is 7. The molecule has 0 aliphatic carbocycles. The first kappa shape index (κ1) is 20.6. The van der Waals surface area contributed by atoms with Gasteiger partial charge < -0.3 is 15.1 Å². The van der Waals surface area contributed by atoms with Crippen molar-refractivity contribution in [1.82, 2.24) is 29.4 Å². The van der Waals surface area contributed by atoms with E-state index < -0.39 is 0 Å². The summed E-state index contributed by atoms with van der Waals surface area (Å²) in [6, 6.07) is 2.12. The quantitative estimate of drug-likeness (QED) is 0.433. The van der Waals surface area contributed by atoms with Gasteiger partial charge in [-0.3, -0.25) is 9.67 Å². The molecule has 3 rings (SSSR count). The van der Waals surface area contributed by atoms with E-state index >= 15 is 0 Å². The fraction of sp³-hybridized carbons (Fsp3) is 0.684. The van der Waals surface area contributed by atoms with Gasteiger partial charge in [-0.1, -0.05) is 6.92 Å². The Balaban J connectivity index is 1.50. The summed E-state index contributed by atoms with van der Waals surface area (Å²) in [5.41, 5.74) is 2.29. The van der Waals surface area contributed by atoms with Gasteiger partial charge in [0.05, 0.1) is 5.69 Å². The van der Waals surface area contributed by atoms with Gasteiger partial charge in [-0.15, -0.1) is 0 Å². The molecule has 0 bridgehead atoms. The summed E-state index contributed by atoms with van der Waals surface area (Å²) in [5, 5.41) is 9.01. The zero-order valence-electron chi connectivity index (χ0n) is 17.5. The van der Waals surface area contributed by atoms with Crippen LogP contribution >= 0.6 is 11.5 Å². The van der Waals surface area contributed by atoms with Crippen molar-refractivity contribution < 1.29 is 0 Å². The van der Waals surface area contributed by atoms with E-state index in [-0.39, 0.29) is 0 Å². The van der Waals surface area contributed by atoms with E-state index in [9.17, 15) is 0 Å². The Labute approximate surface area is 171 Å². The van der Waals surface area contributed by atoms with E-state index in [4.69, 9.17) is 4.99 Å². The van der Waals surface area contributed by atoms with Crippen LogP contribution in [0.5, 0.6) is 0 Å². The van der Waals surface area contributed by atoms with Gasteiger partial charge in [0.2, 0.25) is 5.13 Å². The number of hydrogen-bond donors (Lipinski definition) is 1. The molecule has 1 saturated heterocycles. The molecule has 0 radical (unpaired) electrons. The lowest BCUT2D eigenvalue weighted by Crippen LogP contribution is -2.52. The van der Waals surface area contributed by atoms with Crippen molar-refractivity contribution in [1.29, 1.82) is 0 Å². The Bertz CT molecular complexity index is 773. The molecule has 0 atom stereocenters. The number of aryl methyl sites for hydroxylation is 4. The highest BCUT2D eigenvalue weighted by molar-refractivity contribution is 7.09. The maximum atomic E-state index is 4.85. The van der Waals surface area contributed by atoms with Crippen LogP contribution in [0.1, 0.15) is 37.5 Å². The minimum absolute atomic E-state index is 0.803. The largest absolute Gasteiger partial charge is 0.357 e. The van der Waals surface area contributed by atoms with Crippen molar-refractivity contribution in [3.63, 3.8) is 0 Å². The predicted molar refractivity (Wildman–Crippen MR) is 115 cm³/mol. The average molecular weight is 405 g/mol. The number of nitrogens with zero attached hydrogens (tertiary/aromatic N) is 7. The molecule has 1 aliphatic heterocycles. The third-order valence-corrected chi connectivity index (χ3v) is 5.67. The van der Waals surface area contributed by atoms with Crippen molar-refractivity contribution in [3.8, 4) is 0 Å². The van der Waals surface area contributed by atoms with Crippen LogP contribution in [-0.2, 0) is 13.0 Å². The second-order valence-electron chi connectivity index (χ2n) is 7.06. The van der Waals surface area contributed by atoms with Crippen molar-refractivity contribution in [2.45, 2.75) is 47.1 Å². The standard InChI is InChI=1S/C19H32N8S/c1-5-17-22-19(28-24-17)26-12-10-25(11-13-26)18(20-6-2)21-8-7-9-27-16(4)14-15(3)23-27/h14H,5-13H2,1-4H3,(H,20,21). The van der Waals surface area contributed by atoms with Crippen molar-refractivity contribution in [2.75, 3.05) is 44.2 Å². The van der Waals surface area contributed by atoms with Gasteiger partial charge in [0.15, 0.2) is 5.96 Å². The molecule has 0 aromatic carbocycles. The fourth-order valence-electron chi connectivity index (χ4n) is 3.36. The number of nitrogens with one attached hydrogen (secondary N) is 1. The summed E-state index contributed by atoms with van der Waals surface area (Å²) in [6.45, 7) is 14.8.